The lowest BCUT2D eigenvalue weighted by atomic mass is 10.3. The van der Waals surface area contributed by atoms with E-state index in [0.29, 0.717) is 17.8 Å². The summed E-state index contributed by atoms with van der Waals surface area (Å²) in [6.07, 6.45) is 3.88. The zero-order chi connectivity index (χ0) is 19.4. The zero-order valence-electron chi connectivity index (χ0n) is 14.7. The van der Waals surface area contributed by atoms with Gasteiger partial charge in [0, 0.05) is 35.6 Å². The Morgan fingerprint density at radius 3 is 2.56 bits per heavy atom. The van der Waals surface area contributed by atoms with Crippen LogP contribution in [0.25, 0.3) is 0 Å². The first-order chi connectivity index (χ1) is 12.9. The lowest BCUT2D eigenvalue weighted by Crippen LogP contribution is -2.25. The summed E-state index contributed by atoms with van der Waals surface area (Å²) in [5.41, 5.74) is 1.11. The molecule has 1 atom stereocenters. The Bertz CT molecular complexity index is 956. The van der Waals surface area contributed by atoms with E-state index in [1.54, 1.807) is 36.5 Å². The maximum atomic E-state index is 13.2. The van der Waals surface area contributed by atoms with Crippen molar-refractivity contribution in [1.82, 2.24) is 0 Å². The Hall–Kier alpha value is -2.29. The quantitative estimate of drug-likeness (QED) is 0.799. The first-order valence-electron chi connectivity index (χ1n) is 8.39. The summed E-state index contributed by atoms with van der Waals surface area (Å²) in [5.74, 6) is -0.220. The highest BCUT2D eigenvalue weighted by Gasteiger charge is 2.28. The molecule has 2 N–H and O–H groups in total. The molecule has 142 valence electrons. The number of fused-ring (bicyclic) bond motifs is 1. The second-order valence-corrected chi connectivity index (χ2v) is 9.08. The van der Waals surface area contributed by atoms with E-state index >= 15 is 0 Å². The van der Waals surface area contributed by atoms with E-state index in [0.717, 1.165) is 4.90 Å². The maximum Gasteiger partial charge on any atom is 0.268 e. The minimum Gasteiger partial charge on any atom is -0.396 e. The van der Waals surface area contributed by atoms with Gasteiger partial charge in [-0.2, -0.15) is 0 Å². The molecule has 1 amide bonds. The third kappa shape index (κ3) is 4.35. The monoisotopic (exact) mass is 404 g/mol. The van der Waals surface area contributed by atoms with E-state index < -0.39 is 10.0 Å². The molecule has 6 nitrogen and oxygen atoms in total. The van der Waals surface area contributed by atoms with Gasteiger partial charge in [-0.3, -0.25) is 4.79 Å². The topological polar surface area (TPSA) is 86.7 Å². The highest BCUT2D eigenvalue weighted by Crippen LogP contribution is 2.39. The second-order valence-electron chi connectivity index (χ2n) is 5.98. The number of nitrogens with one attached hydrogen (secondary N) is 1. The number of para-hydroxylation sites is 1. The lowest BCUT2D eigenvalue weighted by Gasteiger charge is -2.21. The van der Waals surface area contributed by atoms with Gasteiger partial charge in [0.25, 0.3) is 10.0 Å². The number of aliphatic hydroxyl groups is 1. The van der Waals surface area contributed by atoms with Crippen LogP contribution < -0.4 is 9.62 Å². The number of benzene rings is 2. The molecule has 0 spiro atoms. The van der Waals surface area contributed by atoms with Gasteiger partial charge < -0.3 is 10.4 Å². The standard InChI is InChI=1S/C19H20N2O4S2/c1-14(23)20-15-6-8-17(9-7-15)27(24,25)21-12-10-16(11-13-22)26-19-5-3-2-4-18(19)21/h2-10,12,16,22H,11,13H2,1H3,(H,20,23). The Kier molecular flexibility index (Phi) is 5.88. The van der Waals surface area contributed by atoms with E-state index in [2.05, 4.69) is 5.32 Å². The third-order valence-electron chi connectivity index (χ3n) is 3.96. The highest BCUT2D eigenvalue weighted by atomic mass is 32.2. The van der Waals surface area contributed by atoms with Crippen LogP contribution >= 0.6 is 11.8 Å². The molecule has 8 heteroatoms. The van der Waals surface area contributed by atoms with Crippen molar-refractivity contribution in [2.75, 3.05) is 16.2 Å². The molecule has 0 aliphatic carbocycles. The summed E-state index contributed by atoms with van der Waals surface area (Å²) in [5, 5.41) is 11.8. The van der Waals surface area contributed by atoms with E-state index in [4.69, 9.17) is 0 Å². The SMILES string of the molecule is CC(=O)Nc1ccc(S(=O)(=O)N2C=CC(CCO)Sc3ccccc32)cc1. The van der Waals surface area contributed by atoms with Crippen LogP contribution in [-0.4, -0.2) is 31.3 Å². The Labute approximate surface area is 162 Å². The van der Waals surface area contributed by atoms with Crippen LogP contribution in [0.1, 0.15) is 13.3 Å². The van der Waals surface area contributed by atoms with Gasteiger partial charge in [-0.15, -0.1) is 11.8 Å². The van der Waals surface area contributed by atoms with Gasteiger partial charge in [-0.25, -0.2) is 12.7 Å². The summed E-state index contributed by atoms with van der Waals surface area (Å²) in [7, 11) is -3.82. The van der Waals surface area contributed by atoms with Crippen molar-refractivity contribution in [3.05, 3.63) is 60.8 Å². The van der Waals surface area contributed by atoms with Crippen molar-refractivity contribution in [1.29, 1.82) is 0 Å². The fourth-order valence-electron chi connectivity index (χ4n) is 2.71. The smallest absolute Gasteiger partial charge is 0.268 e. The average molecular weight is 405 g/mol. The van der Waals surface area contributed by atoms with Crippen molar-refractivity contribution < 1.29 is 18.3 Å². The predicted octanol–water partition coefficient (Wildman–Crippen LogP) is 3.21. The first-order valence-corrected chi connectivity index (χ1v) is 10.7. The molecule has 0 saturated carbocycles. The number of hydrogen-bond donors (Lipinski definition) is 2. The van der Waals surface area contributed by atoms with Crippen LogP contribution in [0.5, 0.6) is 0 Å². The highest BCUT2D eigenvalue weighted by molar-refractivity contribution is 8.00. The fourth-order valence-corrected chi connectivity index (χ4v) is 5.27. The summed E-state index contributed by atoms with van der Waals surface area (Å²) in [6, 6.07) is 13.4. The molecule has 1 unspecified atom stereocenters. The number of hydrogen-bond acceptors (Lipinski definition) is 5. The minimum atomic E-state index is -3.82. The van der Waals surface area contributed by atoms with Gasteiger partial charge in [-0.05, 0) is 42.8 Å². The number of sulfonamides is 1. The lowest BCUT2D eigenvalue weighted by molar-refractivity contribution is -0.114. The van der Waals surface area contributed by atoms with Crippen LogP contribution in [-0.2, 0) is 14.8 Å². The van der Waals surface area contributed by atoms with Gasteiger partial charge >= 0.3 is 0 Å². The molecule has 1 aliphatic heterocycles. The van der Waals surface area contributed by atoms with Crippen LogP contribution in [0.3, 0.4) is 0 Å². The average Bonchev–Trinajstić information content (AvgIpc) is 2.81. The van der Waals surface area contributed by atoms with E-state index in [9.17, 15) is 18.3 Å². The molecule has 3 rings (SSSR count). The first kappa shape index (κ1) is 19.5. The Balaban J connectivity index is 2.00. The van der Waals surface area contributed by atoms with Gasteiger partial charge in [0.05, 0.1) is 10.6 Å². The number of anilines is 2. The van der Waals surface area contributed by atoms with Crippen LogP contribution in [0, 0.1) is 0 Å². The zero-order valence-corrected chi connectivity index (χ0v) is 16.3. The van der Waals surface area contributed by atoms with E-state index in [1.807, 2.05) is 12.1 Å². The molecule has 0 aromatic heterocycles. The van der Waals surface area contributed by atoms with Crippen molar-refractivity contribution >= 4 is 39.1 Å². The molecular formula is C19H20N2O4S2. The van der Waals surface area contributed by atoms with Crippen molar-refractivity contribution in [2.24, 2.45) is 0 Å². The summed E-state index contributed by atoms with van der Waals surface area (Å²) < 4.78 is 27.7. The molecule has 0 radical (unpaired) electrons. The molecule has 1 heterocycles. The van der Waals surface area contributed by atoms with E-state index in [1.165, 1.54) is 35.1 Å². The summed E-state index contributed by atoms with van der Waals surface area (Å²) >= 11 is 1.53. The number of carbonyl (C=O) groups is 1. The molecule has 1 aliphatic rings. The molecule has 2 aromatic carbocycles. The number of amides is 1. The molecule has 27 heavy (non-hydrogen) atoms. The molecule has 0 bridgehead atoms. The van der Waals surface area contributed by atoms with Crippen LogP contribution in [0.15, 0.2) is 70.6 Å². The summed E-state index contributed by atoms with van der Waals surface area (Å²) in [4.78, 5) is 12.1. The van der Waals surface area contributed by atoms with Gasteiger partial charge in [0.15, 0.2) is 0 Å². The number of aliphatic hydroxyl groups excluding tert-OH is 1. The van der Waals surface area contributed by atoms with Gasteiger partial charge in [0.2, 0.25) is 5.91 Å². The Morgan fingerprint density at radius 1 is 1.19 bits per heavy atom. The number of thioether (sulfide) groups is 1. The third-order valence-corrected chi connectivity index (χ3v) is 6.96. The number of nitrogens with zero attached hydrogens (tertiary/aromatic N) is 1. The molecule has 0 fully saturated rings. The molecular weight excluding hydrogens is 384 g/mol. The van der Waals surface area contributed by atoms with E-state index in [-0.39, 0.29) is 22.7 Å². The van der Waals surface area contributed by atoms with Crippen molar-refractivity contribution in [3.8, 4) is 0 Å². The molecule has 0 saturated heterocycles. The Morgan fingerprint density at radius 2 is 1.89 bits per heavy atom. The predicted molar refractivity (Wildman–Crippen MR) is 107 cm³/mol. The number of rotatable bonds is 5. The number of carbonyl (C=O) groups excluding carboxylic acids is 1. The maximum absolute atomic E-state index is 13.2. The largest absolute Gasteiger partial charge is 0.396 e. The van der Waals surface area contributed by atoms with Crippen LogP contribution in [0.2, 0.25) is 0 Å². The van der Waals surface area contributed by atoms with Gasteiger partial charge in [0.1, 0.15) is 0 Å². The van der Waals surface area contributed by atoms with Crippen molar-refractivity contribution in [2.45, 2.75) is 28.4 Å². The second kappa shape index (κ2) is 8.16. The van der Waals surface area contributed by atoms with Crippen LogP contribution in [0.4, 0.5) is 11.4 Å². The fraction of sp³-hybridized carbons (Fsp3) is 0.211. The normalized spacial score (nSPS) is 16.5. The van der Waals surface area contributed by atoms with Gasteiger partial charge in [-0.1, -0.05) is 18.2 Å². The van der Waals surface area contributed by atoms with Crippen molar-refractivity contribution in [3.63, 3.8) is 0 Å². The summed E-state index contributed by atoms with van der Waals surface area (Å²) in [6.45, 7) is 1.42. The minimum absolute atomic E-state index is 0.0153. The molecule has 2 aromatic rings.